The van der Waals surface area contributed by atoms with Crippen LogP contribution in [-0.2, 0) is 39.3 Å². The van der Waals surface area contributed by atoms with Crippen LogP contribution in [0, 0.1) is 5.41 Å². The topological polar surface area (TPSA) is 204 Å². The number of aromatic nitrogens is 4. The minimum Gasteiger partial charge on any atom is -0.753 e. The average Bonchev–Trinajstić information content (AvgIpc) is 3.34. The number of rotatable bonds is 20. The molecule has 2 aromatic carbocycles. The summed E-state index contributed by atoms with van der Waals surface area (Å²) in [6.45, 7) is 10.7. The van der Waals surface area contributed by atoms with Crippen LogP contribution in [0.2, 0.25) is 0 Å². The summed E-state index contributed by atoms with van der Waals surface area (Å²) in [5.41, 5.74) is 12.7. The number of allylic oxidation sites excluding steroid dienone is 1. The fourth-order valence-electron chi connectivity index (χ4n) is 6.71. The minimum absolute atomic E-state index is 0. The van der Waals surface area contributed by atoms with E-state index in [-0.39, 0.29) is 54.3 Å². The van der Waals surface area contributed by atoms with Gasteiger partial charge >= 0.3 is 25.7 Å². The normalized spacial score (nSPS) is 10.9. The van der Waals surface area contributed by atoms with Crippen LogP contribution in [0.25, 0.3) is 50.7 Å². The molecule has 4 heterocycles. The van der Waals surface area contributed by atoms with Crippen molar-refractivity contribution in [3.63, 3.8) is 0 Å². The van der Waals surface area contributed by atoms with E-state index in [2.05, 4.69) is 101 Å². The first kappa shape index (κ1) is 58.0. The molecule has 0 aliphatic rings. The summed E-state index contributed by atoms with van der Waals surface area (Å²) in [5, 5.41) is 15.5. The van der Waals surface area contributed by atoms with Gasteiger partial charge in [-0.2, -0.15) is 18.3 Å². The molecule has 0 aliphatic carbocycles. The zero-order chi connectivity index (χ0) is 51.1. The molecule has 0 fully saturated rings. The Labute approximate surface area is 428 Å². The van der Waals surface area contributed by atoms with E-state index in [0.29, 0.717) is 41.8 Å². The van der Waals surface area contributed by atoms with Gasteiger partial charge in [-0.1, -0.05) is 102 Å². The quantitative estimate of drug-likeness (QED) is 0.0249. The number of carbonyl (C=O) groups is 3. The Morgan fingerprint density at radius 1 is 0.704 bits per heavy atom. The van der Waals surface area contributed by atoms with E-state index in [1.807, 2.05) is 12.1 Å². The van der Waals surface area contributed by atoms with Crippen LogP contribution in [0.5, 0.6) is 17.2 Å². The van der Waals surface area contributed by atoms with Gasteiger partial charge in [-0.3, -0.25) is 34.7 Å². The molecular formula is C52H51F3N8O6RuS. The number of isothiocyanates is 1. The van der Waals surface area contributed by atoms with E-state index >= 15 is 0 Å². The number of halogens is 3. The van der Waals surface area contributed by atoms with Crippen molar-refractivity contribution in [2.75, 3.05) is 11.4 Å². The monoisotopic (exact) mass is 1070 g/mol. The van der Waals surface area contributed by atoms with Crippen LogP contribution in [0.1, 0.15) is 77.5 Å². The van der Waals surface area contributed by atoms with Crippen molar-refractivity contribution in [1.82, 2.24) is 19.9 Å². The number of unbranched alkanes of at least 4 members (excludes halogenated alkanes) is 5. The van der Waals surface area contributed by atoms with E-state index in [1.165, 1.54) is 97.7 Å². The molecule has 0 saturated heterocycles. The molecule has 0 radical (unpaired) electrons. The number of nitrogens with one attached hydrogen (secondary N) is 2. The molecular weight excluding hydrogens is 1020 g/mol. The summed E-state index contributed by atoms with van der Waals surface area (Å²) in [5.74, 6) is 0.760. The third-order valence-electron chi connectivity index (χ3n) is 10.3. The van der Waals surface area contributed by atoms with Crippen molar-refractivity contribution >= 4 is 59.6 Å². The van der Waals surface area contributed by atoms with Gasteiger partial charge in [0.1, 0.15) is 23.0 Å². The summed E-state index contributed by atoms with van der Waals surface area (Å²) in [7, 11) is 0. The molecule has 71 heavy (non-hydrogen) atoms. The number of alkyl halides is 3. The smallest absolute Gasteiger partial charge is 0.753 e. The van der Waals surface area contributed by atoms with Crippen molar-refractivity contribution in [2.24, 2.45) is 0 Å². The maximum atomic E-state index is 12.6. The Morgan fingerprint density at radius 2 is 1.17 bits per heavy atom. The van der Waals surface area contributed by atoms with E-state index in [4.69, 9.17) is 30.8 Å². The number of hydrogen-bond acceptors (Lipinski definition) is 13. The number of nitrogens with zero attached hydrogens (tertiary/aromatic N) is 6. The number of ether oxygens (including phenoxy) is 3. The van der Waals surface area contributed by atoms with Crippen molar-refractivity contribution < 1.29 is 61.2 Å². The summed E-state index contributed by atoms with van der Waals surface area (Å²) >= 11 is 3.70. The van der Waals surface area contributed by atoms with Gasteiger partial charge in [0.05, 0.1) is 22.8 Å². The number of benzene rings is 2. The molecule has 4 aromatic heterocycles. The third kappa shape index (κ3) is 18.5. The van der Waals surface area contributed by atoms with Crippen LogP contribution in [0.15, 0.2) is 122 Å². The Balaban J connectivity index is 0.000000373. The summed E-state index contributed by atoms with van der Waals surface area (Å²) in [4.78, 5) is 51.1. The third-order valence-corrected chi connectivity index (χ3v) is 10.3. The standard InChI is InChI=1S/C33H40F3N4.C18H11N3O6.CNS.Ru/c1-5-6-7-8-9-10-21-40(28-18-14-26(15-19-28)32(2,3)4)27-16-11-24(12-17-27)25-13-20-30(39-23-25)29(37)22-31(38)33(34,35)36;22-9-25-12-1-3-19-15(5-12)17-7-14(27-11-24)8-18(21-17)16-6-13(26-10-23)2-4-20-16;2-1-3;/h11-20,22-23,37-38H,5-10,21H2,1-4H3;1-11H;;/q-1;;-1;+2/b29-22-,38-31?;;;. The van der Waals surface area contributed by atoms with Crippen molar-refractivity contribution in [1.29, 1.82) is 5.41 Å². The largest absolute Gasteiger partial charge is 2.00 e. The molecule has 0 aliphatic heterocycles. The summed E-state index contributed by atoms with van der Waals surface area (Å²) in [6, 6.07) is 29.2. The van der Waals surface area contributed by atoms with Gasteiger partial charge in [0, 0.05) is 72.0 Å². The second-order valence-corrected chi connectivity index (χ2v) is 16.4. The number of thiocarbonyl (C=S) groups is 1. The van der Waals surface area contributed by atoms with Gasteiger partial charge in [-0.05, 0) is 71.5 Å². The molecule has 0 unspecified atom stereocenters. The fraction of sp³-hybridized carbons (Fsp3) is 0.250. The second kappa shape index (κ2) is 29.0. The molecule has 0 bridgehead atoms. The molecule has 2 N–H and O–H groups in total. The molecule has 19 heteroatoms. The summed E-state index contributed by atoms with van der Waals surface area (Å²) < 4.78 is 52.4. The van der Waals surface area contributed by atoms with Crippen molar-refractivity contribution in [3.8, 4) is 51.2 Å². The Hall–Kier alpha value is -7.33. The molecule has 0 spiro atoms. The van der Waals surface area contributed by atoms with E-state index in [0.717, 1.165) is 35.5 Å². The van der Waals surface area contributed by atoms with E-state index < -0.39 is 17.6 Å². The predicted molar refractivity (Wildman–Crippen MR) is 268 cm³/mol. The van der Waals surface area contributed by atoms with E-state index in [9.17, 15) is 27.6 Å². The number of hydrogen-bond donors (Lipinski definition) is 1. The summed E-state index contributed by atoms with van der Waals surface area (Å²) in [6.07, 6.45) is 7.47. The van der Waals surface area contributed by atoms with Crippen LogP contribution >= 0.6 is 12.2 Å². The molecule has 6 aromatic rings. The minimum atomic E-state index is -4.79. The molecule has 0 saturated carbocycles. The molecule has 0 amide bonds. The maximum absolute atomic E-state index is 12.6. The van der Waals surface area contributed by atoms with Crippen molar-refractivity contribution in [2.45, 2.75) is 77.8 Å². The van der Waals surface area contributed by atoms with Crippen LogP contribution < -0.4 is 19.1 Å². The Kier molecular flexibility index (Phi) is 23.7. The van der Waals surface area contributed by atoms with E-state index in [1.54, 1.807) is 12.3 Å². The molecule has 14 nitrogen and oxygen atoms in total. The van der Waals surface area contributed by atoms with Crippen LogP contribution in [0.4, 0.5) is 24.5 Å². The Bertz CT molecular complexity index is 2660. The second-order valence-electron chi connectivity index (χ2n) is 16.2. The number of pyridine rings is 4. The SMILES string of the molecule is CCCCCCCCN(c1ccc(-c2ccc(/C([NH-])=C/C(=N)C(F)(F)F)nc2)cc1)c1ccc(C(C)(C)C)cc1.O=COc1ccnc(-c2cc(OC=O)cc(-c3cc(OC=O)ccn3)n2)c1.[N-]=C=S.[Ru+2]. The maximum Gasteiger partial charge on any atom is 2.00 e. The van der Waals surface area contributed by atoms with Crippen LogP contribution in [0.3, 0.4) is 0 Å². The number of anilines is 2. The first-order valence-electron chi connectivity index (χ1n) is 21.9. The molecule has 6 rings (SSSR count). The van der Waals surface area contributed by atoms with Gasteiger partial charge in [0.25, 0.3) is 19.4 Å². The van der Waals surface area contributed by atoms with Gasteiger partial charge in [0.2, 0.25) is 0 Å². The van der Waals surface area contributed by atoms with Gasteiger partial charge in [-0.15, -0.1) is 5.70 Å². The zero-order valence-electron chi connectivity index (χ0n) is 39.3. The number of carbonyl (C=O) groups excluding carboxylic acids is 3. The first-order chi connectivity index (χ1) is 33.5. The molecule has 370 valence electrons. The van der Waals surface area contributed by atoms with Crippen molar-refractivity contribution in [3.05, 3.63) is 144 Å². The van der Waals surface area contributed by atoms with Gasteiger partial charge in [0.15, 0.2) is 0 Å². The fourth-order valence-corrected chi connectivity index (χ4v) is 6.71. The predicted octanol–water partition coefficient (Wildman–Crippen LogP) is 13.0. The Morgan fingerprint density at radius 3 is 1.63 bits per heavy atom. The van der Waals surface area contributed by atoms with Gasteiger partial charge in [-0.25, -0.2) is 4.98 Å². The average molecular weight is 1070 g/mol. The molecule has 0 atom stereocenters. The van der Waals surface area contributed by atoms with Crippen LogP contribution in [-0.4, -0.2) is 62.9 Å². The van der Waals surface area contributed by atoms with Gasteiger partial charge < -0.3 is 30.3 Å². The zero-order valence-corrected chi connectivity index (χ0v) is 41.8. The first-order valence-corrected chi connectivity index (χ1v) is 22.3.